The van der Waals surface area contributed by atoms with Crippen molar-refractivity contribution in [3.63, 3.8) is 0 Å². The highest BCUT2D eigenvalue weighted by atomic mass is 32.1. The van der Waals surface area contributed by atoms with Gasteiger partial charge in [-0.1, -0.05) is 0 Å². The molecular weight excluding hydrogens is 210 g/mol. The van der Waals surface area contributed by atoms with Crippen molar-refractivity contribution in [2.24, 2.45) is 0 Å². The van der Waals surface area contributed by atoms with Crippen molar-refractivity contribution >= 4 is 17.3 Å². The van der Waals surface area contributed by atoms with E-state index in [4.69, 9.17) is 5.11 Å². The Morgan fingerprint density at radius 3 is 2.80 bits per heavy atom. The molecule has 1 aromatic carbocycles. The summed E-state index contributed by atoms with van der Waals surface area (Å²) in [6.45, 7) is 1.88. The molecule has 0 aliphatic rings. The van der Waals surface area contributed by atoms with E-state index in [1.54, 1.807) is 18.3 Å². The Morgan fingerprint density at radius 2 is 2.20 bits per heavy atom. The van der Waals surface area contributed by atoms with Crippen LogP contribution in [0.1, 0.15) is 15.9 Å². The number of nitrogens with zero attached hydrogens (tertiary/aromatic N) is 1. The molecule has 0 saturated heterocycles. The predicted octanol–water partition coefficient (Wildman–Crippen LogP) is 2.82. The van der Waals surface area contributed by atoms with Gasteiger partial charge < -0.3 is 5.11 Å². The number of hydrogen-bond acceptors (Lipinski definition) is 3. The molecular formula is C11H9NO2S. The molecule has 0 aliphatic carbocycles. The maximum atomic E-state index is 10.9. The van der Waals surface area contributed by atoms with Gasteiger partial charge in [0, 0.05) is 17.1 Å². The van der Waals surface area contributed by atoms with Gasteiger partial charge in [-0.05, 0) is 30.7 Å². The van der Waals surface area contributed by atoms with Crippen LogP contribution < -0.4 is 0 Å². The van der Waals surface area contributed by atoms with E-state index in [0.717, 1.165) is 16.1 Å². The first kappa shape index (κ1) is 9.86. The molecule has 0 unspecified atom stereocenters. The number of aryl methyl sites for hydroxylation is 1. The van der Waals surface area contributed by atoms with Crippen LogP contribution in [0, 0.1) is 6.92 Å². The van der Waals surface area contributed by atoms with Crippen molar-refractivity contribution in [2.45, 2.75) is 6.92 Å². The zero-order chi connectivity index (χ0) is 10.8. The number of thiazole rings is 1. The fourth-order valence-electron chi connectivity index (χ4n) is 1.40. The zero-order valence-electron chi connectivity index (χ0n) is 8.10. The Morgan fingerprint density at radius 1 is 1.40 bits per heavy atom. The number of carboxylic acid groups (broad SMARTS) is 1. The number of aromatic nitrogens is 1. The molecule has 0 bridgehead atoms. The van der Waals surface area contributed by atoms with Crippen LogP contribution in [-0.2, 0) is 0 Å². The molecule has 1 N–H and O–H groups in total. The zero-order valence-corrected chi connectivity index (χ0v) is 8.91. The number of aromatic carboxylic acids is 1. The van der Waals surface area contributed by atoms with E-state index in [1.165, 1.54) is 11.3 Å². The van der Waals surface area contributed by atoms with Crippen LogP contribution in [0.4, 0.5) is 0 Å². The van der Waals surface area contributed by atoms with E-state index >= 15 is 0 Å². The number of benzene rings is 1. The van der Waals surface area contributed by atoms with Gasteiger partial charge >= 0.3 is 5.97 Å². The number of carboxylic acids is 1. The molecule has 2 aromatic rings. The normalized spacial score (nSPS) is 10.2. The molecule has 1 aromatic heterocycles. The Kier molecular flexibility index (Phi) is 2.51. The average molecular weight is 219 g/mol. The summed E-state index contributed by atoms with van der Waals surface area (Å²) in [6, 6.07) is 5.24. The van der Waals surface area contributed by atoms with Crippen molar-refractivity contribution in [3.8, 4) is 10.6 Å². The third-order valence-corrected chi connectivity index (χ3v) is 2.83. The predicted molar refractivity (Wildman–Crippen MR) is 59.2 cm³/mol. The van der Waals surface area contributed by atoms with Gasteiger partial charge in [-0.15, -0.1) is 11.3 Å². The van der Waals surface area contributed by atoms with E-state index in [0.29, 0.717) is 5.56 Å². The van der Waals surface area contributed by atoms with Crippen LogP contribution >= 0.6 is 11.3 Å². The summed E-state index contributed by atoms with van der Waals surface area (Å²) in [5.74, 6) is -0.906. The Bertz CT molecular complexity index is 491. The first-order chi connectivity index (χ1) is 7.16. The highest BCUT2D eigenvalue weighted by Crippen LogP contribution is 2.24. The van der Waals surface area contributed by atoms with E-state index < -0.39 is 5.97 Å². The molecule has 0 fully saturated rings. The summed E-state index contributed by atoms with van der Waals surface area (Å²) in [5, 5.41) is 11.6. The third kappa shape index (κ3) is 2.05. The maximum Gasteiger partial charge on any atom is 0.335 e. The van der Waals surface area contributed by atoms with Gasteiger partial charge in [0.2, 0.25) is 0 Å². The van der Waals surface area contributed by atoms with E-state index in [1.807, 2.05) is 18.4 Å². The fraction of sp³-hybridized carbons (Fsp3) is 0.0909. The number of carbonyl (C=O) groups is 1. The molecule has 3 nitrogen and oxygen atoms in total. The van der Waals surface area contributed by atoms with Crippen molar-refractivity contribution in [1.82, 2.24) is 4.98 Å². The van der Waals surface area contributed by atoms with E-state index in [9.17, 15) is 4.79 Å². The SMILES string of the molecule is Cc1cc(C(=O)O)cc(-c2nccs2)c1. The summed E-state index contributed by atoms with van der Waals surface area (Å²) in [7, 11) is 0. The topological polar surface area (TPSA) is 50.2 Å². The molecule has 0 radical (unpaired) electrons. The Balaban J connectivity index is 2.54. The number of hydrogen-bond donors (Lipinski definition) is 1. The highest BCUT2D eigenvalue weighted by Gasteiger charge is 2.07. The van der Waals surface area contributed by atoms with Gasteiger partial charge in [0.1, 0.15) is 5.01 Å². The first-order valence-electron chi connectivity index (χ1n) is 4.41. The molecule has 0 atom stereocenters. The van der Waals surface area contributed by atoms with Gasteiger partial charge in [0.05, 0.1) is 5.56 Å². The standard InChI is InChI=1S/C11H9NO2S/c1-7-4-8(10-12-2-3-15-10)6-9(5-7)11(13)14/h2-6H,1H3,(H,13,14). The maximum absolute atomic E-state index is 10.9. The molecule has 15 heavy (non-hydrogen) atoms. The summed E-state index contributed by atoms with van der Waals surface area (Å²) in [5.41, 5.74) is 2.10. The molecule has 76 valence electrons. The molecule has 1 heterocycles. The molecule has 0 aliphatic heterocycles. The van der Waals surface area contributed by atoms with Crippen molar-refractivity contribution in [1.29, 1.82) is 0 Å². The molecule has 0 saturated carbocycles. The van der Waals surface area contributed by atoms with Crippen molar-refractivity contribution in [3.05, 3.63) is 40.9 Å². The second-order valence-corrected chi connectivity index (χ2v) is 4.12. The lowest BCUT2D eigenvalue weighted by molar-refractivity contribution is 0.0697. The van der Waals surface area contributed by atoms with E-state index in [-0.39, 0.29) is 0 Å². The van der Waals surface area contributed by atoms with Crippen molar-refractivity contribution in [2.75, 3.05) is 0 Å². The minimum atomic E-state index is -0.906. The second-order valence-electron chi connectivity index (χ2n) is 3.23. The van der Waals surface area contributed by atoms with Crippen LogP contribution in [0.5, 0.6) is 0 Å². The lowest BCUT2D eigenvalue weighted by Gasteiger charge is -2.01. The van der Waals surface area contributed by atoms with Crippen LogP contribution in [0.25, 0.3) is 10.6 Å². The van der Waals surface area contributed by atoms with Gasteiger partial charge in [0.15, 0.2) is 0 Å². The molecule has 4 heteroatoms. The summed E-state index contributed by atoms with van der Waals surface area (Å²) >= 11 is 1.50. The minimum Gasteiger partial charge on any atom is -0.478 e. The third-order valence-electron chi connectivity index (χ3n) is 2.00. The number of rotatable bonds is 2. The van der Waals surface area contributed by atoms with Gasteiger partial charge in [0.25, 0.3) is 0 Å². The van der Waals surface area contributed by atoms with Gasteiger partial charge in [-0.25, -0.2) is 9.78 Å². The second kappa shape index (κ2) is 3.82. The highest BCUT2D eigenvalue weighted by molar-refractivity contribution is 7.13. The Hall–Kier alpha value is -1.68. The minimum absolute atomic E-state index is 0.306. The van der Waals surface area contributed by atoms with Gasteiger partial charge in [-0.3, -0.25) is 0 Å². The van der Waals surface area contributed by atoms with Gasteiger partial charge in [-0.2, -0.15) is 0 Å². The smallest absolute Gasteiger partial charge is 0.335 e. The van der Waals surface area contributed by atoms with Crippen LogP contribution in [0.15, 0.2) is 29.8 Å². The van der Waals surface area contributed by atoms with Crippen LogP contribution in [0.2, 0.25) is 0 Å². The first-order valence-corrected chi connectivity index (χ1v) is 5.29. The van der Waals surface area contributed by atoms with Crippen molar-refractivity contribution < 1.29 is 9.90 Å². The monoisotopic (exact) mass is 219 g/mol. The summed E-state index contributed by atoms with van der Waals surface area (Å²) < 4.78 is 0. The lowest BCUT2D eigenvalue weighted by atomic mass is 10.1. The fourth-order valence-corrected chi connectivity index (χ4v) is 2.02. The lowest BCUT2D eigenvalue weighted by Crippen LogP contribution is -1.97. The molecule has 0 spiro atoms. The summed E-state index contributed by atoms with van der Waals surface area (Å²) in [4.78, 5) is 15.0. The van der Waals surface area contributed by atoms with E-state index in [2.05, 4.69) is 4.98 Å². The molecule has 2 rings (SSSR count). The largest absolute Gasteiger partial charge is 0.478 e. The Labute approximate surface area is 91.0 Å². The average Bonchev–Trinajstić information content (AvgIpc) is 2.69. The van der Waals surface area contributed by atoms with Crippen LogP contribution in [0.3, 0.4) is 0 Å². The van der Waals surface area contributed by atoms with Crippen LogP contribution in [-0.4, -0.2) is 16.1 Å². The quantitative estimate of drug-likeness (QED) is 0.844. The molecule has 0 amide bonds. The summed E-state index contributed by atoms with van der Waals surface area (Å²) in [6.07, 6.45) is 1.71.